The molecule has 1 saturated carbocycles. The van der Waals surface area contributed by atoms with Crippen molar-refractivity contribution in [2.75, 3.05) is 27.7 Å². The summed E-state index contributed by atoms with van der Waals surface area (Å²) in [7, 11) is 4.87. The lowest BCUT2D eigenvalue weighted by atomic mass is 9.57. The summed E-state index contributed by atoms with van der Waals surface area (Å²) in [5.74, 6) is -8.29. The van der Waals surface area contributed by atoms with Gasteiger partial charge in [0.2, 0.25) is 5.78 Å². The number of aliphatic hydroxyl groups is 3. The first-order chi connectivity index (χ1) is 19.8. The van der Waals surface area contributed by atoms with Crippen LogP contribution in [-0.4, -0.2) is 87.0 Å². The van der Waals surface area contributed by atoms with Crippen LogP contribution in [-0.2, 0) is 33.8 Å². The van der Waals surface area contributed by atoms with Crippen molar-refractivity contribution >= 4 is 23.2 Å². The molecule has 0 aliphatic heterocycles. The number of primary amides is 1. The molecule has 5 rings (SSSR count). The fourth-order valence-corrected chi connectivity index (χ4v) is 6.80. The van der Waals surface area contributed by atoms with Crippen molar-refractivity contribution in [3.63, 3.8) is 0 Å². The second-order valence-electron chi connectivity index (χ2n) is 11.7. The fraction of sp³-hybridized carbons (Fsp3) is 0.387. The second-order valence-corrected chi connectivity index (χ2v) is 11.7. The third-order valence-electron chi connectivity index (χ3n) is 8.79. The predicted octanol–water partition coefficient (Wildman–Crippen LogP) is 1.78. The summed E-state index contributed by atoms with van der Waals surface area (Å²) >= 11 is 0. The number of rotatable bonds is 7. The molecule has 42 heavy (non-hydrogen) atoms. The van der Waals surface area contributed by atoms with Crippen LogP contribution in [0, 0.1) is 17.7 Å². The Morgan fingerprint density at radius 3 is 2.40 bits per heavy atom. The quantitative estimate of drug-likeness (QED) is 0.308. The minimum atomic E-state index is -2.74. The number of ketones is 2. The van der Waals surface area contributed by atoms with Crippen LogP contribution in [0.15, 0.2) is 53.3 Å². The highest BCUT2D eigenvalue weighted by atomic mass is 19.1. The van der Waals surface area contributed by atoms with Crippen LogP contribution in [0.2, 0.25) is 0 Å². The Bertz CT molecular complexity index is 1550. The lowest BCUT2D eigenvalue weighted by molar-refractivity contribution is -0.153. The fourth-order valence-electron chi connectivity index (χ4n) is 6.80. The van der Waals surface area contributed by atoms with E-state index in [-0.39, 0.29) is 41.6 Å². The monoisotopic (exact) mass is 579 g/mol. The number of phenolic OH excluding ortho intramolecular Hbond substituents is 1. The van der Waals surface area contributed by atoms with Crippen molar-refractivity contribution in [2.45, 2.75) is 37.5 Å². The molecule has 0 spiro atoms. The third kappa shape index (κ3) is 4.48. The first kappa shape index (κ1) is 29.4. The summed E-state index contributed by atoms with van der Waals surface area (Å²) in [5.41, 5.74) is 2.50. The Balaban J connectivity index is 1.53. The van der Waals surface area contributed by atoms with Crippen LogP contribution < -0.4 is 5.73 Å². The van der Waals surface area contributed by atoms with Gasteiger partial charge >= 0.3 is 0 Å². The second kappa shape index (κ2) is 10.6. The molecule has 0 radical (unpaired) electrons. The summed E-state index contributed by atoms with van der Waals surface area (Å²) < 4.78 is 16.0. The van der Waals surface area contributed by atoms with Gasteiger partial charge in [-0.15, -0.1) is 0 Å². The molecule has 222 valence electrons. The average Bonchev–Trinajstić information content (AvgIpc) is 2.92. The number of aromatic hydroxyl groups is 1. The number of carbonyl (C=O) groups excluding carboxylic acids is 3. The summed E-state index contributed by atoms with van der Waals surface area (Å²) in [4.78, 5) is 42.5. The van der Waals surface area contributed by atoms with Crippen LogP contribution in [0.5, 0.6) is 5.75 Å². The van der Waals surface area contributed by atoms with Gasteiger partial charge in [0.05, 0.1) is 11.6 Å². The van der Waals surface area contributed by atoms with E-state index in [0.717, 1.165) is 12.0 Å². The molecule has 2 aromatic rings. The zero-order chi connectivity index (χ0) is 30.7. The molecule has 0 saturated heterocycles. The summed E-state index contributed by atoms with van der Waals surface area (Å²) in [6.45, 7) is 0.798. The Morgan fingerprint density at radius 2 is 1.79 bits per heavy atom. The van der Waals surface area contributed by atoms with Crippen LogP contribution in [0.3, 0.4) is 0 Å². The van der Waals surface area contributed by atoms with Crippen molar-refractivity contribution in [3.8, 4) is 5.75 Å². The molecular weight excluding hydrogens is 545 g/mol. The van der Waals surface area contributed by atoms with E-state index in [0.29, 0.717) is 6.54 Å². The lowest BCUT2D eigenvalue weighted by Crippen LogP contribution is -2.65. The Hall–Kier alpha value is -4.06. The van der Waals surface area contributed by atoms with Gasteiger partial charge in [-0.25, -0.2) is 4.39 Å². The average molecular weight is 580 g/mol. The van der Waals surface area contributed by atoms with Crippen molar-refractivity contribution in [2.24, 2.45) is 17.6 Å². The van der Waals surface area contributed by atoms with Gasteiger partial charge in [0, 0.05) is 35.7 Å². The molecular formula is C31H34FN3O7. The number of aliphatic hydroxyl groups excluding tert-OH is 2. The number of hydrogen-bond donors (Lipinski definition) is 5. The third-order valence-corrected chi connectivity index (χ3v) is 8.79. The van der Waals surface area contributed by atoms with Crippen molar-refractivity contribution < 1.29 is 39.2 Å². The molecule has 4 atom stereocenters. The van der Waals surface area contributed by atoms with E-state index < -0.39 is 69.6 Å². The van der Waals surface area contributed by atoms with Gasteiger partial charge in [-0.1, -0.05) is 30.3 Å². The van der Waals surface area contributed by atoms with E-state index in [4.69, 9.17) is 5.73 Å². The number of likely N-dealkylation sites (N-methyl/N-ethyl adjacent to an activating group) is 2. The number of nitrogens with two attached hydrogens (primary N) is 1. The Labute approximate surface area is 242 Å². The molecule has 1 fully saturated rings. The van der Waals surface area contributed by atoms with Crippen molar-refractivity contribution in [1.82, 2.24) is 9.80 Å². The van der Waals surface area contributed by atoms with Gasteiger partial charge in [-0.05, 0) is 58.0 Å². The number of benzene rings is 2. The smallest absolute Gasteiger partial charge is 0.255 e. The molecule has 3 aliphatic carbocycles. The van der Waals surface area contributed by atoms with Crippen LogP contribution in [0.4, 0.5) is 4.39 Å². The summed E-state index contributed by atoms with van der Waals surface area (Å²) in [6.07, 6.45) is 0.532. The standard InChI is InChI=1S/C31H34FN3O7/c1-34(2)25-19-12-16-11-18-22(26(37)21(16)28(39)31(19,42)29(40)23(27(25)38)30(33)41)20(36)13-17(24(18)32)14-35(3)10-9-15-7-5-4-6-8-15/h4-8,13,16,19,25,36-37,40,42H,9-12,14H2,1-3H3,(H2,33,41)/t16-,19?,25-,31-/m0/s1. The maximum Gasteiger partial charge on any atom is 0.255 e. The van der Waals surface area contributed by atoms with Crippen molar-refractivity contribution in [3.05, 3.63) is 81.4 Å². The van der Waals surface area contributed by atoms with Gasteiger partial charge in [0.15, 0.2) is 11.4 Å². The number of phenols is 1. The minimum Gasteiger partial charge on any atom is -0.508 e. The molecule has 10 nitrogen and oxygen atoms in total. The van der Waals surface area contributed by atoms with Gasteiger partial charge in [0.1, 0.15) is 28.7 Å². The molecule has 3 aliphatic rings. The van der Waals surface area contributed by atoms with Crippen LogP contribution >= 0.6 is 0 Å². The number of nitrogens with zero attached hydrogens (tertiary/aromatic N) is 2. The lowest BCUT2D eigenvalue weighted by Gasteiger charge is -2.50. The number of halogens is 1. The minimum absolute atomic E-state index is 0.0204. The number of amides is 1. The molecule has 2 aromatic carbocycles. The number of fused-ring (bicyclic) bond motifs is 3. The predicted molar refractivity (Wildman–Crippen MR) is 151 cm³/mol. The van der Waals surface area contributed by atoms with E-state index in [1.807, 2.05) is 42.3 Å². The van der Waals surface area contributed by atoms with Gasteiger partial charge in [0.25, 0.3) is 5.91 Å². The van der Waals surface area contributed by atoms with E-state index in [2.05, 4.69) is 0 Å². The van der Waals surface area contributed by atoms with Crippen LogP contribution in [0.25, 0.3) is 5.76 Å². The highest BCUT2D eigenvalue weighted by Crippen LogP contribution is 2.53. The first-order valence-electron chi connectivity index (χ1n) is 13.7. The Morgan fingerprint density at radius 1 is 1.12 bits per heavy atom. The highest BCUT2D eigenvalue weighted by molar-refractivity contribution is 6.24. The van der Waals surface area contributed by atoms with E-state index in [9.17, 15) is 34.8 Å². The SMILES string of the molecule is CN(CCc1ccccc1)Cc1cc(O)c2c(c1F)C[C@H]1CC3[C@H](N(C)C)C(=O)C(C(N)=O)=C(O)[C@@]3(O)C(=O)C1=C2O. The summed E-state index contributed by atoms with van der Waals surface area (Å²) in [5, 5.41) is 44.7. The number of carbonyl (C=O) groups is 3. The first-order valence-corrected chi connectivity index (χ1v) is 13.7. The normalized spacial score (nSPS) is 25.5. The molecule has 11 heteroatoms. The van der Waals surface area contributed by atoms with E-state index in [1.54, 1.807) is 0 Å². The molecule has 0 heterocycles. The van der Waals surface area contributed by atoms with Gasteiger partial charge < -0.3 is 31.1 Å². The maximum atomic E-state index is 16.0. The highest BCUT2D eigenvalue weighted by Gasteiger charge is 2.64. The van der Waals surface area contributed by atoms with Gasteiger partial charge in [-0.3, -0.25) is 19.3 Å². The topological polar surface area (TPSA) is 165 Å². The molecule has 0 bridgehead atoms. The molecule has 6 N–H and O–H groups in total. The van der Waals surface area contributed by atoms with E-state index >= 15 is 4.39 Å². The maximum absolute atomic E-state index is 16.0. The number of hydrogen-bond acceptors (Lipinski definition) is 9. The molecule has 0 aromatic heterocycles. The largest absolute Gasteiger partial charge is 0.508 e. The van der Waals surface area contributed by atoms with Crippen LogP contribution in [0.1, 0.15) is 28.7 Å². The summed E-state index contributed by atoms with van der Waals surface area (Å²) in [6, 6.07) is 9.83. The van der Waals surface area contributed by atoms with Gasteiger partial charge in [-0.2, -0.15) is 0 Å². The zero-order valence-corrected chi connectivity index (χ0v) is 23.6. The zero-order valence-electron chi connectivity index (χ0n) is 23.6. The molecule has 1 amide bonds. The van der Waals surface area contributed by atoms with E-state index in [1.165, 1.54) is 25.1 Å². The van der Waals surface area contributed by atoms with Crippen molar-refractivity contribution in [1.29, 1.82) is 0 Å². The molecule has 1 unspecified atom stereocenters. The Kier molecular flexibility index (Phi) is 7.46. The number of Topliss-reactive ketones (excluding diaryl/α,β-unsaturated/α-hetero) is 2.